The van der Waals surface area contributed by atoms with E-state index in [0.29, 0.717) is 42.9 Å². The molecule has 0 N–H and O–H groups in total. The lowest BCUT2D eigenvalue weighted by Gasteiger charge is -2.39. The smallest absolute Gasteiger partial charge is 0.410 e. The Morgan fingerprint density at radius 3 is 2.76 bits per heavy atom. The van der Waals surface area contributed by atoms with Crippen LogP contribution < -0.4 is 4.74 Å². The van der Waals surface area contributed by atoms with Crippen LogP contribution in [-0.2, 0) is 9.47 Å². The Morgan fingerprint density at radius 2 is 2.05 bits per heavy atom. The van der Waals surface area contributed by atoms with Crippen LogP contribution in [-0.4, -0.2) is 64.0 Å². The van der Waals surface area contributed by atoms with Gasteiger partial charge in [0.1, 0.15) is 23.1 Å². The molecule has 1 atom stereocenters. The van der Waals surface area contributed by atoms with E-state index >= 15 is 0 Å². The van der Waals surface area contributed by atoms with Gasteiger partial charge in [-0.2, -0.15) is 0 Å². The van der Waals surface area contributed by atoms with E-state index in [0.717, 1.165) is 48.6 Å². The van der Waals surface area contributed by atoms with Crippen LogP contribution in [0.15, 0.2) is 51.3 Å². The first-order valence-electron chi connectivity index (χ1n) is 13.2. The van der Waals surface area contributed by atoms with Gasteiger partial charge >= 0.3 is 6.09 Å². The summed E-state index contributed by atoms with van der Waals surface area (Å²) < 4.78 is 18.6. The molecule has 38 heavy (non-hydrogen) atoms. The van der Waals surface area contributed by atoms with Crippen molar-refractivity contribution < 1.29 is 19.0 Å². The third kappa shape index (κ3) is 6.51. The highest BCUT2D eigenvalue weighted by Gasteiger charge is 2.54. The molecule has 1 spiro atoms. The Labute approximate surface area is 231 Å². The van der Waals surface area contributed by atoms with Crippen LogP contribution in [0.5, 0.6) is 5.88 Å². The summed E-state index contributed by atoms with van der Waals surface area (Å²) in [5, 5.41) is 8.96. The number of hydrogen-bond acceptors (Lipinski definition) is 8. The van der Waals surface area contributed by atoms with Crippen LogP contribution in [0.25, 0.3) is 0 Å². The van der Waals surface area contributed by atoms with Crippen LogP contribution >= 0.6 is 15.9 Å². The molecule has 2 aliphatic heterocycles. The standard InChI is InChI=1S/C28H34BrN5O4/c1-27(2,3)38-26(35)34-13-12-28(10-11-28)22(18-34)37-24-17-30-16-21(31-24)25(19-7-6-8-20(29)15-19)33-32-23-9-4-5-14-36-23/h6-8,15-17,22H,4-5,9-14,18H2,1-3H3/b32-23+,33-25+/t22-/m0/s1. The van der Waals surface area contributed by atoms with Gasteiger partial charge in [-0.3, -0.25) is 4.98 Å². The van der Waals surface area contributed by atoms with E-state index in [1.165, 1.54) is 0 Å². The summed E-state index contributed by atoms with van der Waals surface area (Å²) in [6.07, 6.45) is 8.65. The quantitative estimate of drug-likeness (QED) is 0.328. The van der Waals surface area contributed by atoms with Gasteiger partial charge in [0.25, 0.3) is 0 Å². The number of likely N-dealkylation sites (tertiary alicyclic amines) is 1. The lowest BCUT2D eigenvalue weighted by molar-refractivity contribution is -0.0120. The fourth-order valence-electron chi connectivity index (χ4n) is 4.77. The second-order valence-corrected chi connectivity index (χ2v) is 12.1. The van der Waals surface area contributed by atoms with Crippen molar-refractivity contribution in [2.45, 2.75) is 71.0 Å². The Kier molecular flexibility index (Phi) is 7.70. The van der Waals surface area contributed by atoms with Crippen molar-refractivity contribution in [3.8, 4) is 5.88 Å². The van der Waals surface area contributed by atoms with E-state index < -0.39 is 5.60 Å². The Hall–Kier alpha value is -3.01. The molecule has 10 heteroatoms. The van der Waals surface area contributed by atoms with Crippen molar-refractivity contribution in [3.63, 3.8) is 0 Å². The van der Waals surface area contributed by atoms with Crippen molar-refractivity contribution in [2.24, 2.45) is 15.6 Å². The number of rotatable bonds is 5. The van der Waals surface area contributed by atoms with Gasteiger partial charge in [-0.15, -0.1) is 10.2 Å². The zero-order valence-electron chi connectivity index (χ0n) is 22.2. The summed E-state index contributed by atoms with van der Waals surface area (Å²) in [6.45, 7) is 7.42. The number of aromatic nitrogens is 2. The average Bonchev–Trinajstić information content (AvgIpc) is 3.66. The number of halogens is 1. The third-order valence-electron chi connectivity index (χ3n) is 7.02. The number of carbonyl (C=O) groups excluding carboxylic acids is 1. The number of ether oxygens (including phenoxy) is 3. The van der Waals surface area contributed by atoms with Crippen molar-refractivity contribution in [1.82, 2.24) is 14.9 Å². The van der Waals surface area contributed by atoms with Gasteiger partial charge in [-0.05, 0) is 65.0 Å². The van der Waals surface area contributed by atoms with Crippen LogP contribution in [0.2, 0.25) is 0 Å². The van der Waals surface area contributed by atoms with E-state index in [4.69, 9.17) is 19.2 Å². The van der Waals surface area contributed by atoms with Crippen LogP contribution in [0, 0.1) is 5.41 Å². The number of piperidine rings is 1. The molecule has 2 aromatic rings. The molecule has 3 heterocycles. The second-order valence-electron chi connectivity index (χ2n) is 11.1. The van der Waals surface area contributed by atoms with Crippen molar-refractivity contribution in [3.05, 3.63) is 52.4 Å². The lowest BCUT2D eigenvalue weighted by atomic mass is 9.90. The highest BCUT2D eigenvalue weighted by Crippen LogP contribution is 2.54. The van der Waals surface area contributed by atoms with Gasteiger partial charge in [-0.25, -0.2) is 9.78 Å². The number of nitrogens with zero attached hydrogens (tertiary/aromatic N) is 5. The molecule has 1 amide bonds. The maximum atomic E-state index is 12.8. The van der Waals surface area contributed by atoms with Gasteiger partial charge in [0.2, 0.25) is 11.8 Å². The van der Waals surface area contributed by atoms with Gasteiger partial charge in [-0.1, -0.05) is 28.1 Å². The molecule has 1 aromatic carbocycles. The van der Waals surface area contributed by atoms with E-state index in [2.05, 4.69) is 31.1 Å². The lowest BCUT2D eigenvalue weighted by Crippen LogP contribution is -2.51. The maximum Gasteiger partial charge on any atom is 0.410 e. The number of amides is 1. The third-order valence-corrected chi connectivity index (χ3v) is 7.52. The second kappa shape index (κ2) is 11.0. The van der Waals surface area contributed by atoms with E-state index in [-0.39, 0.29) is 17.6 Å². The summed E-state index contributed by atoms with van der Waals surface area (Å²) in [5.41, 5.74) is 1.49. The zero-order valence-corrected chi connectivity index (χ0v) is 23.7. The van der Waals surface area contributed by atoms with Crippen LogP contribution in [0.3, 0.4) is 0 Å². The molecular weight excluding hydrogens is 550 g/mol. The van der Waals surface area contributed by atoms with Gasteiger partial charge in [0.05, 0.1) is 25.5 Å². The molecule has 3 aliphatic rings. The molecule has 0 unspecified atom stereocenters. The average molecular weight is 585 g/mol. The monoisotopic (exact) mass is 583 g/mol. The minimum atomic E-state index is -0.546. The summed E-state index contributed by atoms with van der Waals surface area (Å²) in [4.78, 5) is 23.7. The number of carbonyl (C=O) groups is 1. The maximum absolute atomic E-state index is 12.8. The Balaban J connectivity index is 1.39. The number of hydrogen-bond donors (Lipinski definition) is 0. The van der Waals surface area contributed by atoms with Crippen LogP contribution in [0.1, 0.15) is 70.6 Å². The zero-order chi connectivity index (χ0) is 26.8. The molecule has 2 saturated heterocycles. The summed E-state index contributed by atoms with van der Waals surface area (Å²) in [7, 11) is 0. The Morgan fingerprint density at radius 1 is 1.21 bits per heavy atom. The summed E-state index contributed by atoms with van der Waals surface area (Å²) in [5.74, 6) is 1.03. The van der Waals surface area contributed by atoms with E-state index in [9.17, 15) is 4.79 Å². The summed E-state index contributed by atoms with van der Waals surface area (Å²) >= 11 is 3.55. The molecule has 1 saturated carbocycles. The SMILES string of the molecule is CC(C)(C)OC(=O)N1CCC2(CC2)[C@@H](Oc2cncc(/C(=N/N=C3\CCCCO3)c3cccc(Br)c3)n2)C1. The van der Waals surface area contributed by atoms with Crippen molar-refractivity contribution >= 4 is 33.6 Å². The topological polar surface area (TPSA) is 98.5 Å². The summed E-state index contributed by atoms with van der Waals surface area (Å²) in [6, 6.07) is 7.82. The number of benzene rings is 1. The van der Waals surface area contributed by atoms with E-state index in [1.807, 2.05) is 45.0 Å². The van der Waals surface area contributed by atoms with E-state index in [1.54, 1.807) is 17.3 Å². The highest BCUT2D eigenvalue weighted by molar-refractivity contribution is 9.10. The fourth-order valence-corrected chi connectivity index (χ4v) is 5.17. The van der Waals surface area contributed by atoms with Crippen molar-refractivity contribution in [1.29, 1.82) is 0 Å². The van der Waals surface area contributed by atoms with Crippen molar-refractivity contribution in [2.75, 3.05) is 19.7 Å². The van der Waals surface area contributed by atoms with Gasteiger partial charge in [0, 0.05) is 28.4 Å². The molecule has 5 rings (SSSR count). The largest absolute Gasteiger partial charge is 0.480 e. The predicted molar refractivity (Wildman–Crippen MR) is 148 cm³/mol. The van der Waals surface area contributed by atoms with Gasteiger partial charge in [0.15, 0.2) is 0 Å². The normalized spacial score (nSPS) is 22.2. The van der Waals surface area contributed by atoms with Gasteiger partial charge < -0.3 is 19.1 Å². The fraction of sp³-hybridized carbons (Fsp3) is 0.536. The highest BCUT2D eigenvalue weighted by atomic mass is 79.9. The predicted octanol–water partition coefficient (Wildman–Crippen LogP) is 5.76. The molecule has 1 aromatic heterocycles. The molecular formula is C28H34BrN5O4. The molecule has 202 valence electrons. The Bertz CT molecular complexity index is 1230. The molecule has 0 bridgehead atoms. The molecule has 1 aliphatic carbocycles. The molecule has 0 radical (unpaired) electrons. The minimum Gasteiger partial charge on any atom is -0.480 e. The molecule has 9 nitrogen and oxygen atoms in total. The van der Waals surface area contributed by atoms with Crippen LogP contribution in [0.4, 0.5) is 4.79 Å². The first-order chi connectivity index (χ1) is 18.2. The first kappa shape index (κ1) is 26.6. The molecule has 3 fully saturated rings. The minimum absolute atomic E-state index is 0.0711. The first-order valence-corrected chi connectivity index (χ1v) is 14.0.